The van der Waals surface area contributed by atoms with E-state index in [1.54, 1.807) is 0 Å². The summed E-state index contributed by atoms with van der Waals surface area (Å²) in [5, 5.41) is 4.87. The first-order valence-corrected chi connectivity index (χ1v) is 7.84. The number of hydrogen-bond donors (Lipinski definition) is 2. The third kappa shape index (κ3) is 4.07. The van der Waals surface area contributed by atoms with Gasteiger partial charge in [-0.2, -0.15) is 0 Å². The molecule has 1 aliphatic heterocycles. The van der Waals surface area contributed by atoms with E-state index in [0.29, 0.717) is 18.2 Å². The van der Waals surface area contributed by atoms with Crippen LogP contribution in [0.3, 0.4) is 0 Å². The first-order chi connectivity index (χ1) is 9.70. The summed E-state index contributed by atoms with van der Waals surface area (Å²) in [6.07, 6.45) is 3.67. The average molecular weight is 291 g/mol. The van der Waals surface area contributed by atoms with E-state index >= 15 is 0 Å². The predicted molar refractivity (Wildman–Crippen MR) is 82.9 cm³/mol. The molecule has 0 aliphatic carbocycles. The Balaban J connectivity index is 1.86. The van der Waals surface area contributed by atoms with Crippen LogP contribution in [0.1, 0.15) is 34.5 Å². The number of nitrogens with zero attached hydrogens (tertiary/aromatic N) is 1. The quantitative estimate of drug-likeness (QED) is 0.825. The van der Waals surface area contributed by atoms with Crippen LogP contribution in [0.2, 0.25) is 0 Å². The molecule has 0 aromatic carbocycles. The van der Waals surface area contributed by atoms with Gasteiger partial charge in [-0.3, -0.25) is 4.79 Å². The van der Waals surface area contributed by atoms with Gasteiger partial charge in [0.2, 0.25) is 0 Å². The number of hydrogen-bond acceptors (Lipinski definition) is 4. The smallest absolute Gasteiger partial charge is 0.252 e. The Morgan fingerprint density at radius 2 is 2.45 bits per heavy atom. The molecule has 1 aromatic rings. The lowest BCUT2D eigenvalue weighted by atomic mass is 10.0. The number of nitrogens with one attached hydrogen (secondary N) is 1. The van der Waals surface area contributed by atoms with Crippen LogP contribution in [0.5, 0.6) is 0 Å². The standard InChI is InChI=1S/C15H21N3OS/c1-18-8-3-2-5-13(18)10-17-15(19)12-9-14(20-11-12)6-4-7-16/h9,11,13H,2-3,5,7-8,10,16H2,1H3,(H,17,19). The second-order valence-electron chi connectivity index (χ2n) is 5.05. The van der Waals surface area contributed by atoms with Gasteiger partial charge < -0.3 is 16.0 Å². The molecule has 20 heavy (non-hydrogen) atoms. The SMILES string of the molecule is CN1CCCCC1CNC(=O)c1csc(C#CCN)c1. The van der Waals surface area contributed by atoms with Crippen molar-refractivity contribution in [2.75, 3.05) is 26.7 Å². The summed E-state index contributed by atoms with van der Waals surface area (Å²) in [6, 6.07) is 2.29. The van der Waals surface area contributed by atoms with Gasteiger partial charge in [-0.05, 0) is 32.5 Å². The highest BCUT2D eigenvalue weighted by Crippen LogP contribution is 2.15. The number of thiophene rings is 1. The van der Waals surface area contributed by atoms with Crippen LogP contribution in [0.15, 0.2) is 11.4 Å². The van der Waals surface area contributed by atoms with Crippen LogP contribution < -0.4 is 11.1 Å². The molecule has 0 saturated carbocycles. The van der Waals surface area contributed by atoms with Gasteiger partial charge in [-0.25, -0.2) is 0 Å². The second kappa shape index (κ2) is 7.44. The van der Waals surface area contributed by atoms with Gasteiger partial charge in [-0.1, -0.05) is 18.3 Å². The summed E-state index contributed by atoms with van der Waals surface area (Å²) in [4.78, 5) is 15.3. The van der Waals surface area contributed by atoms with Crippen LogP contribution in [0, 0.1) is 11.8 Å². The number of carbonyl (C=O) groups is 1. The third-order valence-electron chi connectivity index (χ3n) is 3.60. The maximum atomic E-state index is 12.1. The highest BCUT2D eigenvalue weighted by molar-refractivity contribution is 7.10. The zero-order chi connectivity index (χ0) is 14.4. The van der Waals surface area contributed by atoms with Gasteiger partial charge >= 0.3 is 0 Å². The summed E-state index contributed by atoms with van der Waals surface area (Å²) >= 11 is 1.48. The van der Waals surface area contributed by atoms with Crippen LogP contribution in [0.4, 0.5) is 0 Å². The molecule has 108 valence electrons. The zero-order valence-corrected chi connectivity index (χ0v) is 12.6. The average Bonchev–Trinajstić information content (AvgIpc) is 2.93. The maximum Gasteiger partial charge on any atom is 0.252 e. The number of likely N-dealkylation sites (tertiary alicyclic amines) is 1. The number of carbonyl (C=O) groups excluding carboxylic acids is 1. The van der Waals surface area contributed by atoms with Crippen LogP contribution in [-0.4, -0.2) is 43.5 Å². The molecule has 0 bridgehead atoms. The van der Waals surface area contributed by atoms with Crippen molar-refractivity contribution in [1.29, 1.82) is 0 Å². The monoisotopic (exact) mass is 291 g/mol. The summed E-state index contributed by atoms with van der Waals surface area (Å²) < 4.78 is 0. The Morgan fingerprint density at radius 1 is 1.60 bits per heavy atom. The minimum absolute atomic E-state index is 0.0129. The molecule has 1 saturated heterocycles. The Kier molecular flexibility index (Phi) is 5.60. The molecule has 1 fully saturated rings. The number of amides is 1. The van der Waals surface area contributed by atoms with Crippen molar-refractivity contribution in [2.24, 2.45) is 5.73 Å². The molecule has 0 spiro atoms. The van der Waals surface area contributed by atoms with Crippen LogP contribution in [-0.2, 0) is 0 Å². The minimum atomic E-state index is -0.0129. The molecule has 0 radical (unpaired) electrons. The lowest BCUT2D eigenvalue weighted by Crippen LogP contribution is -2.44. The van der Waals surface area contributed by atoms with Crippen molar-refractivity contribution in [2.45, 2.75) is 25.3 Å². The third-order valence-corrected chi connectivity index (χ3v) is 4.44. The predicted octanol–water partition coefficient (Wildman–Crippen LogP) is 1.27. The van der Waals surface area contributed by atoms with Crippen molar-refractivity contribution in [3.8, 4) is 11.8 Å². The summed E-state index contributed by atoms with van der Waals surface area (Å²) in [7, 11) is 2.13. The summed E-state index contributed by atoms with van der Waals surface area (Å²) in [5.74, 6) is 5.73. The van der Waals surface area contributed by atoms with Crippen molar-refractivity contribution in [3.05, 3.63) is 21.9 Å². The number of nitrogens with two attached hydrogens (primary N) is 1. The maximum absolute atomic E-state index is 12.1. The molecule has 1 amide bonds. The molecule has 2 heterocycles. The number of likely N-dealkylation sites (N-methyl/N-ethyl adjacent to an activating group) is 1. The zero-order valence-electron chi connectivity index (χ0n) is 11.8. The van der Waals surface area contributed by atoms with Crippen molar-refractivity contribution >= 4 is 17.2 Å². The minimum Gasteiger partial charge on any atom is -0.350 e. The Labute approximate surface area is 124 Å². The first kappa shape index (κ1) is 15.0. The van der Waals surface area contributed by atoms with Crippen LogP contribution in [0.25, 0.3) is 0 Å². The molecule has 4 nitrogen and oxygen atoms in total. The molecular weight excluding hydrogens is 270 g/mol. The largest absolute Gasteiger partial charge is 0.350 e. The Bertz CT molecular complexity index is 515. The fraction of sp³-hybridized carbons (Fsp3) is 0.533. The summed E-state index contributed by atoms with van der Waals surface area (Å²) in [5.41, 5.74) is 6.02. The summed E-state index contributed by atoms with van der Waals surface area (Å²) in [6.45, 7) is 2.18. The molecular formula is C15H21N3OS. The normalized spacial score (nSPS) is 19.2. The van der Waals surface area contributed by atoms with E-state index in [4.69, 9.17) is 5.73 Å². The molecule has 1 atom stereocenters. The molecule has 2 rings (SSSR count). The van der Waals surface area contributed by atoms with E-state index in [9.17, 15) is 4.79 Å². The number of piperidine rings is 1. The first-order valence-electron chi connectivity index (χ1n) is 6.96. The van der Waals surface area contributed by atoms with Gasteiger partial charge in [0, 0.05) is 18.0 Å². The van der Waals surface area contributed by atoms with Crippen molar-refractivity contribution in [3.63, 3.8) is 0 Å². The highest BCUT2D eigenvalue weighted by Gasteiger charge is 2.19. The van der Waals surface area contributed by atoms with E-state index in [-0.39, 0.29) is 5.91 Å². The van der Waals surface area contributed by atoms with E-state index in [1.165, 1.54) is 24.2 Å². The molecule has 5 heteroatoms. The highest BCUT2D eigenvalue weighted by atomic mass is 32.1. The Morgan fingerprint density at radius 3 is 3.20 bits per heavy atom. The molecule has 1 aliphatic rings. The van der Waals surface area contributed by atoms with Gasteiger partial charge in [0.1, 0.15) is 0 Å². The van der Waals surface area contributed by atoms with Gasteiger partial charge in [0.25, 0.3) is 5.91 Å². The molecule has 1 unspecified atom stereocenters. The van der Waals surface area contributed by atoms with E-state index in [1.807, 2.05) is 11.4 Å². The lowest BCUT2D eigenvalue weighted by Gasteiger charge is -2.32. The fourth-order valence-electron chi connectivity index (χ4n) is 2.37. The van der Waals surface area contributed by atoms with Crippen LogP contribution >= 0.6 is 11.3 Å². The van der Waals surface area contributed by atoms with E-state index < -0.39 is 0 Å². The van der Waals surface area contributed by atoms with Crippen molar-refractivity contribution < 1.29 is 4.79 Å². The molecule has 3 N–H and O–H groups in total. The molecule has 1 aromatic heterocycles. The van der Waals surface area contributed by atoms with Gasteiger partial charge in [0.15, 0.2) is 0 Å². The fourth-order valence-corrected chi connectivity index (χ4v) is 3.13. The van der Waals surface area contributed by atoms with Gasteiger partial charge in [-0.15, -0.1) is 11.3 Å². The topological polar surface area (TPSA) is 58.4 Å². The van der Waals surface area contributed by atoms with E-state index in [2.05, 4.69) is 29.1 Å². The Hall–Kier alpha value is -1.35. The van der Waals surface area contributed by atoms with Crippen molar-refractivity contribution in [1.82, 2.24) is 10.2 Å². The van der Waals surface area contributed by atoms with E-state index in [0.717, 1.165) is 24.4 Å². The second-order valence-corrected chi connectivity index (χ2v) is 5.96. The van der Waals surface area contributed by atoms with Gasteiger partial charge in [0.05, 0.1) is 17.0 Å². The lowest BCUT2D eigenvalue weighted by molar-refractivity contribution is 0.0929. The number of rotatable bonds is 3.